The molecule has 0 saturated carbocycles. The third-order valence-electron chi connectivity index (χ3n) is 0.898. The molecule has 2 aliphatic rings. The van der Waals surface area contributed by atoms with Gasteiger partial charge in [0.2, 0.25) is 0 Å². The van der Waals surface area contributed by atoms with Crippen LogP contribution in [0.1, 0.15) is 0 Å². The molecule has 1 fully saturated rings. The van der Waals surface area contributed by atoms with Crippen LogP contribution in [0.2, 0.25) is 0 Å². The van der Waals surface area contributed by atoms with Gasteiger partial charge in [-0.05, 0) is 0 Å². The van der Waals surface area contributed by atoms with E-state index in [0.29, 0.717) is 0 Å². The van der Waals surface area contributed by atoms with Gasteiger partial charge in [-0.25, -0.2) is 0 Å². The van der Waals surface area contributed by atoms with Crippen LogP contribution in [0.3, 0.4) is 0 Å². The van der Waals surface area contributed by atoms with E-state index in [0.717, 1.165) is 11.0 Å². The van der Waals surface area contributed by atoms with Crippen molar-refractivity contribution in [3.8, 4) is 0 Å². The zero-order valence-corrected chi connectivity index (χ0v) is 9.50. The fourth-order valence-electron chi connectivity index (χ4n) is 0.387. The minimum atomic E-state index is -0.190. The summed E-state index contributed by atoms with van der Waals surface area (Å²) >= 11 is 4.91. The summed E-state index contributed by atoms with van der Waals surface area (Å²) in [5.74, 6) is -0.0435. The first-order valence-corrected chi connectivity index (χ1v) is 12.0. The molecule has 3 atom stereocenters. The summed E-state index contributed by atoms with van der Waals surface area (Å²) in [6.07, 6.45) is 0. The van der Waals surface area contributed by atoms with E-state index in [9.17, 15) is 0 Å². The van der Waals surface area contributed by atoms with Crippen LogP contribution in [0.4, 0.5) is 0 Å². The molecule has 0 aromatic carbocycles. The van der Waals surface area contributed by atoms with Gasteiger partial charge in [0.15, 0.2) is 0 Å². The van der Waals surface area contributed by atoms with Crippen LogP contribution >= 0.6 is 49.2 Å². The predicted octanol–water partition coefficient (Wildman–Crippen LogP) is 4.44. The molecule has 8 heavy (non-hydrogen) atoms. The van der Waals surface area contributed by atoms with Crippen LogP contribution in [0, 0.1) is 0 Å². The van der Waals surface area contributed by atoms with Gasteiger partial charge in [-0.15, -0.1) is 0 Å². The van der Waals surface area contributed by atoms with Gasteiger partial charge in [0, 0.05) is 0 Å². The Balaban J connectivity index is 2.39. The van der Waals surface area contributed by atoms with Crippen molar-refractivity contribution in [1.29, 1.82) is 0 Å². The van der Waals surface area contributed by atoms with Crippen LogP contribution < -0.4 is 0 Å². The second kappa shape index (κ2) is 2.08. The molecule has 0 nitrogen and oxygen atoms in total. The van der Waals surface area contributed by atoms with Crippen molar-refractivity contribution in [1.82, 2.24) is 0 Å². The topological polar surface area (TPSA) is 0 Å². The van der Waals surface area contributed by atoms with Gasteiger partial charge in [0.25, 0.3) is 0 Å². The quantitative estimate of drug-likeness (QED) is 0.345. The molecule has 0 bridgehead atoms. The fourth-order valence-corrected chi connectivity index (χ4v) is 31.2. The Morgan fingerprint density at radius 2 is 2.38 bits per heavy atom. The standard InChI is InChI=1S/CHP3S4/c2-4(3-5)8-1(6-8)7-8/h1H. The Morgan fingerprint density at radius 3 is 2.50 bits per heavy atom. The summed E-state index contributed by atoms with van der Waals surface area (Å²) in [5, 5.41) is 0. The van der Waals surface area contributed by atoms with E-state index in [1.165, 1.54) is 0 Å². The van der Waals surface area contributed by atoms with Gasteiger partial charge in [-0.1, -0.05) is 0 Å². The Labute approximate surface area is 64.6 Å². The van der Waals surface area contributed by atoms with Gasteiger partial charge in [0.05, 0.1) is 0 Å². The molecule has 0 spiro atoms. The zero-order chi connectivity index (χ0) is 5.78. The SMILES string of the molecule is P#P(P=S)S12#SC1S2. The molecule has 44 valence electrons. The summed E-state index contributed by atoms with van der Waals surface area (Å²) in [6.45, 7) is 0. The first kappa shape index (κ1) is 6.85. The normalized spacial score (nSPS) is 49.4. The van der Waals surface area contributed by atoms with E-state index < -0.39 is 0 Å². The second-order valence-corrected chi connectivity index (χ2v) is 21.9. The Kier molecular flexibility index (Phi) is 1.78. The van der Waals surface area contributed by atoms with Crippen molar-refractivity contribution >= 4 is 61.0 Å². The van der Waals surface area contributed by atoms with Crippen LogP contribution in [0.15, 0.2) is 0 Å². The molecule has 7 heteroatoms. The molecule has 0 radical (unpaired) electrons. The fraction of sp³-hybridized carbons (Fsp3) is 1.00. The second-order valence-electron chi connectivity index (χ2n) is 1.33. The van der Waals surface area contributed by atoms with E-state index in [2.05, 4.69) is 29.2 Å². The average Bonchev–Trinajstić information content (AvgIpc) is 2.45. The van der Waals surface area contributed by atoms with E-state index in [4.69, 9.17) is 11.8 Å². The van der Waals surface area contributed by atoms with Gasteiger partial charge < -0.3 is 0 Å². The molecule has 1 saturated heterocycles. The van der Waals surface area contributed by atoms with Crippen LogP contribution in [-0.2, 0) is 11.8 Å². The summed E-state index contributed by atoms with van der Waals surface area (Å²) in [4.78, 5) is 0. The monoisotopic (exact) mass is 234 g/mol. The Hall–Kier alpha value is 2.17. The Bertz CT molecular complexity index is 330. The van der Waals surface area contributed by atoms with Gasteiger partial charge >= 0.3 is 64.9 Å². The van der Waals surface area contributed by atoms with E-state index >= 15 is 0 Å². The summed E-state index contributed by atoms with van der Waals surface area (Å²) in [5.41, 5.74) is 0. The number of rotatable bonds is 0. The third-order valence-corrected chi connectivity index (χ3v) is 31.7. The molecule has 3 unspecified atom stereocenters. The molecule has 0 aliphatic carbocycles. The molecule has 0 aromatic rings. The minimum absolute atomic E-state index is 0.0435. The molecule has 0 aromatic heterocycles. The summed E-state index contributed by atoms with van der Waals surface area (Å²) in [6, 6.07) is 0. The van der Waals surface area contributed by atoms with Crippen molar-refractivity contribution in [3.05, 3.63) is 0 Å². The number of fused-ring (bicyclic) bond motifs is 1. The maximum atomic E-state index is 4.91. The average molecular weight is 234 g/mol. The van der Waals surface area contributed by atoms with Crippen LogP contribution in [0.25, 0.3) is 0 Å². The first-order chi connectivity index (χ1) is 3.79. The van der Waals surface area contributed by atoms with E-state index in [-0.39, 0.29) is 12.9 Å². The number of hydrogen-bond donors (Lipinski definition) is 0. The van der Waals surface area contributed by atoms with Crippen molar-refractivity contribution in [3.63, 3.8) is 0 Å². The van der Waals surface area contributed by atoms with Crippen LogP contribution in [-0.4, -0.2) is 3.91 Å². The van der Waals surface area contributed by atoms with Gasteiger partial charge in [0.1, 0.15) is 0 Å². The maximum absolute atomic E-state index is 4.91. The number of hydrogen-bond acceptors (Lipinski definition) is 2. The third kappa shape index (κ3) is 0.855. The molecule has 0 amide bonds. The summed E-state index contributed by atoms with van der Waals surface area (Å²) in [7, 11) is 9.64. The summed E-state index contributed by atoms with van der Waals surface area (Å²) < 4.78 is 0.988. The van der Waals surface area contributed by atoms with Crippen molar-refractivity contribution in [2.24, 2.45) is 0 Å². The predicted molar refractivity (Wildman–Crippen MR) is 54.7 cm³/mol. The van der Waals surface area contributed by atoms with Crippen molar-refractivity contribution in [2.75, 3.05) is 0 Å². The van der Waals surface area contributed by atoms with Crippen molar-refractivity contribution < 1.29 is 0 Å². The van der Waals surface area contributed by atoms with Gasteiger partial charge in [-0.2, -0.15) is 0 Å². The molecule has 2 heterocycles. The van der Waals surface area contributed by atoms with E-state index in [1.807, 2.05) is 0 Å². The Morgan fingerprint density at radius 1 is 1.88 bits per heavy atom. The molecule has 2 aliphatic heterocycles. The molecular formula is CHP3S4. The zero-order valence-electron chi connectivity index (χ0n) is 3.55. The van der Waals surface area contributed by atoms with Crippen molar-refractivity contribution in [2.45, 2.75) is 3.91 Å². The molecule has 0 N–H and O–H groups in total. The molecule has 2 rings (SSSR count). The van der Waals surface area contributed by atoms with Crippen LogP contribution in [0.5, 0.6) is 0 Å². The van der Waals surface area contributed by atoms with E-state index in [1.54, 1.807) is 0 Å². The molecular weight excluding hydrogens is 233 g/mol. The van der Waals surface area contributed by atoms with Gasteiger partial charge in [-0.3, -0.25) is 0 Å². The first-order valence-electron chi connectivity index (χ1n) is 1.81.